The highest BCUT2D eigenvalue weighted by atomic mass is 16.5. The Morgan fingerprint density at radius 1 is 1.06 bits per heavy atom. The van der Waals surface area contributed by atoms with E-state index in [4.69, 9.17) is 9.84 Å². The van der Waals surface area contributed by atoms with Gasteiger partial charge in [0.25, 0.3) is 0 Å². The average Bonchev–Trinajstić information content (AvgIpc) is 3.28. The third-order valence-electron chi connectivity index (χ3n) is 5.91. The molecule has 0 atom stereocenters. The Morgan fingerprint density at radius 2 is 1.84 bits per heavy atom. The normalized spacial score (nSPS) is 18.4. The van der Waals surface area contributed by atoms with E-state index >= 15 is 0 Å². The first-order valence-corrected chi connectivity index (χ1v) is 11.3. The number of aromatic nitrogens is 5. The number of carboxylic acid groups (broad SMARTS) is 1. The highest BCUT2D eigenvalue weighted by molar-refractivity contribution is 5.67. The monoisotopic (exact) mass is 435 g/mol. The zero-order valence-electron chi connectivity index (χ0n) is 18.3. The second-order valence-corrected chi connectivity index (χ2v) is 8.40. The Morgan fingerprint density at radius 3 is 2.50 bits per heavy atom. The van der Waals surface area contributed by atoms with Crippen molar-refractivity contribution in [1.82, 2.24) is 25.1 Å². The van der Waals surface area contributed by atoms with Crippen molar-refractivity contribution >= 4 is 5.97 Å². The van der Waals surface area contributed by atoms with Crippen LogP contribution in [0.3, 0.4) is 0 Å². The summed E-state index contributed by atoms with van der Waals surface area (Å²) in [7, 11) is 0. The van der Waals surface area contributed by atoms with Crippen molar-refractivity contribution < 1.29 is 14.6 Å². The van der Waals surface area contributed by atoms with E-state index in [2.05, 4.69) is 32.1 Å². The molecule has 2 N–H and O–H groups in total. The first kappa shape index (κ1) is 21.9. The Kier molecular flexibility index (Phi) is 7.09. The zero-order chi connectivity index (χ0) is 22.3. The Bertz CT molecular complexity index is 1010. The number of H-pyrrole nitrogens is 1. The number of hydrogen-bond donors (Lipinski definition) is 2. The van der Waals surface area contributed by atoms with E-state index in [9.17, 15) is 4.79 Å². The van der Waals surface area contributed by atoms with Crippen molar-refractivity contribution in [2.45, 2.75) is 64.4 Å². The van der Waals surface area contributed by atoms with Gasteiger partial charge in [-0.25, -0.2) is 4.98 Å². The lowest BCUT2D eigenvalue weighted by Gasteiger charge is -2.27. The van der Waals surface area contributed by atoms with E-state index in [1.165, 1.54) is 0 Å². The fourth-order valence-corrected chi connectivity index (χ4v) is 4.06. The molecule has 8 nitrogen and oxygen atoms in total. The Labute approximate surface area is 187 Å². The molecule has 3 aromatic rings. The van der Waals surface area contributed by atoms with Crippen molar-refractivity contribution in [2.75, 3.05) is 0 Å². The molecule has 0 amide bonds. The van der Waals surface area contributed by atoms with Crippen LogP contribution in [0.1, 0.15) is 57.7 Å². The lowest BCUT2D eigenvalue weighted by Crippen LogP contribution is -2.25. The molecule has 1 aliphatic carbocycles. The molecule has 4 rings (SSSR count). The van der Waals surface area contributed by atoms with Crippen molar-refractivity contribution in [2.24, 2.45) is 5.92 Å². The number of hydrogen-bond acceptors (Lipinski definition) is 6. The van der Waals surface area contributed by atoms with Gasteiger partial charge in [-0.15, -0.1) is 10.2 Å². The summed E-state index contributed by atoms with van der Waals surface area (Å²) in [6.07, 6.45) is 10.5. The molecule has 8 heteroatoms. The average molecular weight is 436 g/mol. The maximum atomic E-state index is 10.9. The second-order valence-electron chi connectivity index (χ2n) is 8.40. The minimum absolute atomic E-state index is 0.0972. The van der Waals surface area contributed by atoms with E-state index in [-0.39, 0.29) is 18.4 Å². The van der Waals surface area contributed by atoms with Crippen LogP contribution in [0.2, 0.25) is 0 Å². The molecule has 32 heavy (non-hydrogen) atoms. The molecule has 0 unspecified atom stereocenters. The maximum Gasteiger partial charge on any atom is 0.303 e. The van der Waals surface area contributed by atoms with E-state index < -0.39 is 5.97 Å². The van der Waals surface area contributed by atoms with Crippen LogP contribution in [0.15, 0.2) is 36.7 Å². The molecule has 0 bridgehead atoms. The van der Waals surface area contributed by atoms with Gasteiger partial charge in [-0.2, -0.15) is 0 Å². The summed E-state index contributed by atoms with van der Waals surface area (Å²) in [5.74, 6) is 1.77. The summed E-state index contributed by atoms with van der Waals surface area (Å²) in [4.78, 5) is 23.1. The maximum absolute atomic E-state index is 10.9. The minimum atomic E-state index is -0.717. The van der Waals surface area contributed by atoms with Gasteiger partial charge in [0, 0.05) is 42.4 Å². The lowest BCUT2D eigenvalue weighted by molar-refractivity contribution is -0.138. The predicted molar refractivity (Wildman–Crippen MR) is 120 cm³/mol. The number of carbonyl (C=O) groups is 1. The van der Waals surface area contributed by atoms with Crippen molar-refractivity contribution in [3.8, 4) is 28.5 Å². The number of aromatic amines is 1. The van der Waals surface area contributed by atoms with Crippen molar-refractivity contribution in [3.05, 3.63) is 42.5 Å². The number of aliphatic carboxylic acids is 1. The topological polar surface area (TPSA) is 114 Å². The smallest absolute Gasteiger partial charge is 0.303 e. The van der Waals surface area contributed by atoms with Gasteiger partial charge in [0.15, 0.2) is 5.82 Å². The highest BCUT2D eigenvalue weighted by Crippen LogP contribution is 2.29. The van der Waals surface area contributed by atoms with Crippen LogP contribution in [0.4, 0.5) is 0 Å². The molecule has 168 valence electrons. The summed E-state index contributed by atoms with van der Waals surface area (Å²) < 4.78 is 6.01. The first-order valence-electron chi connectivity index (χ1n) is 11.3. The molecule has 3 heterocycles. The molecule has 1 fully saturated rings. The van der Waals surface area contributed by atoms with Gasteiger partial charge >= 0.3 is 5.97 Å². The summed E-state index contributed by atoms with van der Waals surface area (Å²) in [6, 6.07) is 7.75. The quantitative estimate of drug-likeness (QED) is 0.501. The molecular weight excluding hydrogens is 406 g/mol. The van der Waals surface area contributed by atoms with Crippen molar-refractivity contribution in [1.29, 1.82) is 0 Å². The predicted octanol–water partition coefficient (Wildman–Crippen LogP) is 4.68. The number of rotatable bonds is 9. The zero-order valence-corrected chi connectivity index (χ0v) is 18.3. The summed E-state index contributed by atoms with van der Waals surface area (Å²) in [5.41, 5.74) is 2.64. The fraction of sp³-hybridized carbons (Fsp3) is 0.458. The van der Waals surface area contributed by atoms with E-state index in [0.29, 0.717) is 5.88 Å². The number of nitrogens with one attached hydrogen (secondary N) is 1. The molecule has 1 saturated carbocycles. The van der Waals surface area contributed by atoms with Crippen molar-refractivity contribution in [3.63, 3.8) is 0 Å². The van der Waals surface area contributed by atoms with Crippen LogP contribution < -0.4 is 4.74 Å². The molecule has 0 aliphatic heterocycles. The van der Waals surface area contributed by atoms with Crippen LogP contribution in [-0.2, 0) is 11.2 Å². The van der Waals surface area contributed by atoms with Gasteiger partial charge in [-0.1, -0.05) is 13.3 Å². The number of nitrogens with zero attached hydrogens (tertiary/aromatic N) is 4. The summed E-state index contributed by atoms with van der Waals surface area (Å²) in [6.45, 7) is 2.16. The molecule has 0 saturated heterocycles. The molecule has 0 radical (unpaired) electrons. The number of aryl methyl sites for hydroxylation is 1. The number of carboxylic acids is 1. The minimum Gasteiger partial charge on any atom is -0.481 e. The van der Waals surface area contributed by atoms with Crippen LogP contribution in [0, 0.1) is 5.92 Å². The third kappa shape index (κ3) is 5.69. The molecule has 3 aromatic heterocycles. The molecule has 0 aromatic carbocycles. The van der Waals surface area contributed by atoms with Crippen LogP contribution in [0.25, 0.3) is 22.6 Å². The number of unbranched alkanes of at least 4 members (excludes halogenated alkanes) is 1. The first-order chi connectivity index (χ1) is 15.6. The van der Waals surface area contributed by atoms with Gasteiger partial charge in [-0.05, 0) is 56.2 Å². The molecular formula is C24H29N5O3. The molecule has 1 aliphatic rings. The van der Waals surface area contributed by atoms with Gasteiger partial charge in [0.2, 0.25) is 5.88 Å². The van der Waals surface area contributed by atoms with Crippen LogP contribution in [0.5, 0.6) is 5.88 Å². The van der Waals surface area contributed by atoms with E-state index in [1.807, 2.05) is 24.3 Å². The Balaban J connectivity index is 1.33. The van der Waals surface area contributed by atoms with Gasteiger partial charge in [-0.3, -0.25) is 9.78 Å². The largest absolute Gasteiger partial charge is 0.481 e. The number of pyridine rings is 2. The van der Waals surface area contributed by atoms with Gasteiger partial charge < -0.3 is 14.8 Å². The Hall–Kier alpha value is -3.29. The van der Waals surface area contributed by atoms with Gasteiger partial charge in [0.1, 0.15) is 11.9 Å². The SMILES string of the molecule is CCCCc1nnc(-c2ccc(-c3ccc(O[C@H]4CC[C@H](CC(=O)O)CC4)nc3)nc2)[nH]1. The van der Waals surface area contributed by atoms with E-state index in [0.717, 1.165) is 73.4 Å². The molecule has 0 spiro atoms. The second kappa shape index (κ2) is 10.3. The standard InChI is InChI=1S/C24H29N5O3/c1-2-3-4-21-27-24(29-28-21)18-7-11-20(25-15-18)17-8-12-22(26-14-17)32-19-9-5-16(6-10-19)13-23(30)31/h7-8,11-12,14-16,19H,2-6,9-10,13H2,1H3,(H,30,31)(H,27,28,29)/t16-,19-. The van der Waals surface area contributed by atoms with Gasteiger partial charge in [0.05, 0.1) is 5.69 Å². The van der Waals surface area contributed by atoms with E-state index in [1.54, 1.807) is 12.4 Å². The highest BCUT2D eigenvalue weighted by Gasteiger charge is 2.24. The number of ether oxygens (including phenoxy) is 1. The summed E-state index contributed by atoms with van der Waals surface area (Å²) in [5, 5.41) is 17.4. The van der Waals surface area contributed by atoms with Crippen LogP contribution >= 0.6 is 0 Å². The lowest BCUT2D eigenvalue weighted by atomic mass is 9.85. The van der Waals surface area contributed by atoms with Crippen LogP contribution in [-0.4, -0.2) is 42.3 Å². The summed E-state index contributed by atoms with van der Waals surface area (Å²) >= 11 is 0. The fourth-order valence-electron chi connectivity index (χ4n) is 4.06. The third-order valence-corrected chi connectivity index (χ3v) is 5.91.